The van der Waals surface area contributed by atoms with Gasteiger partial charge in [0, 0.05) is 43.9 Å². The molecule has 3 unspecified atom stereocenters. The summed E-state index contributed by atoms with van der Waals surface area (Å²) in [4.78, 5) is 31.6. The van der Waals surface area contributed by atoms with E-state index in [0.29, 0.717) is 23.7 Å². The lowest BCUT2D eigenvalue weighted by atomic mass is 9.33. The number of allylic oxidation sites excluding steroid dienone is 2. The van der Waals surface area contributed by atoms with E-state index in [1.54, 1.807) is 19.6 Å². The first-order valence-corrected chi connectivity index (χ1v) is 19.6. The highest BCUT2D eigenvalue weighted by Gasteiger charge is 2.69. The monoisotopic (exact) mass is 672 g/mol. The maximum Gasteiger partial charge on any atom is 0.302 e. The average Bonchev–Trinajstić information content (AvgIpc) is 3.07. The molecule has 5 fully saturated rings. The van der Waals surface area contributed by atoms with Gasteiger partial charge in [-0.25, -0.2) is 0 Å². The Bertz CT molecular complexity index is 1510. The van der Waals surface area contributed by atoms with Crippen molar-refractivity contribution in [1.29, 1.82) is 0 Å². The van der Waals surface area contributed by atoms with Gasteiger partial charge in [-0.15, -0.1) is 0 Å². The van der Waals surface area contributed by atoms with Gasteiger partial charge >= 0.3 is 5.97 Å². The number of hydrogen-bond donors (Lipinski definition) is 0. The molecule has 6 aliphatic rings. The van der Waals surface area contributed by atoms with Crippen molar-refractivity contribution in [3.63, 3.8) is 0 Å². The van der Waals surface area contributed by atoms with Crippen molar-refractivity contribution in [2.75, 3.05) is 38.2 Å². The molecule has 0 bridgehead atoms. The second-order valence-electron chi connectivity index (χ2n) is 19.2. The Kier molecular flexibility index (Phi) is 8.39. The molecule has 0 radical (unpaired) electrons. The van der Waals surface area contributed by atoms with Crippen molar-refractivity contribution in [3.8, 4) is 5.75 Å². The quantitative estimate of drug-likeness (QED) is 0.236. The smallest absolute Gasteiger partial charge is 0.302 e. The number of carbonyl (C=O) groups is 2. The Hall–Kier alpha value is -2.50. The zero-order valence-corrected chi connectivity index (χ0v) is 32.1. The Morgan fingerprint density at radius 2 is 1.51 bits per heavy atom. The number of para-hydroxylation sites is 2. The van der Waals surface area contributed by atoms with Gasteiger partial charge in [0.15, 0.2) is 0 Å². The molecule has 9 atom stereocenters. The molecule has 7 rings (SSSR count). The van der Waals surface area contributed by atoms with Gasteiger partial charge in [0.2, 0.25) is 5.91 Å². The molecule has 1 saturated heterocycles. The fourth-order valence-corrected chi connectivity index (χ4v) is 13.3. The summed E-state index contributed by atoms with van der Waals surface area (Å²) in [6, 6.07) is 8.23. The van der Waals surface area contributed by atoms with Gasteiger partial charge < -0.3 is 19.3 Å². The van der Waals surface area contributed by atoms with Crippen LogP contribution in [-0.4, -0.2) is 56.2 Å². The first-order valence-electron chi connectivity index (χ1n) is 19.6. The molecule has 1 amide bonds. The summed E-state index contributed by atoms with van der Waals surface area (Å²) in [6.07, 6.45) is 13.8. The van der Waals surface area contributed by atoms with Crippen LogP contribution in [0.1, 0.15) is 120 Å². The molecule has 0 N–H and O–H groups in total. The largest absolute Gasteiger partial charge is 0.495 e. The molecule has 4 saturated carbocycles. The van der Waals surface area contributed by atoms with Crippen LogP contribution in [0.25, 0.3) is 0 Å². The van der Waals surface area contributed by atoms with E-state index in [-0.39, 0.29) is 44.6 Å². The first-order chi connectivity index (χ1) is 23.0. The van der Waals surface area contributed by atoms with Crippen LogP contribution in [0.5, 0.6) is 5.75 Å². The minimum atomic E-state index is -0.342. The minimum absolute atomic E-state index is 0.0147. The van der Waals surface area contributed by atoms with Gasteiger partial charge in [0.25, 0.3) is 0 Å². The third-order valence-corrected chi connectivity index (χ3v) is 16.5. The average molecular weight is 673 g/mol. The molecule has 0 spiro atoms. The molecule has 1 aromatic rings. The number of methoxy groups -OCH3 is 1. The number of piperazine rings is 1. The number of nitrogens with zero attached hydrogens (tertiary/aromatic N) is 2. The summed E-state index contributed by atoms with van der Waals surface area (Å²) in [5.41, 5.74) is 3.09. The number of rotatable bonds is 4. The number of amides is 1. The van der Waals surface area contributed by atoms with Crippen LogP contribution in [-0.2, 0) is 14.3 Å². The summed E-state index contributed by atoms with van der Waals surface area (Å²) < 4.78 is 11.9. The standard InChI is InChI=1S/C43H64N2O4/c1-29(46)49-36-17-18-38(2,3)34-16-19-42(7)35(43(34,36)8)15-14-30-31-28-40(5,21-20-39(31,4)22-23-41(30,42)6)37(47)45-26-24-44(25-27-45)32-12-10-11-13-33(32)48-9/h10-14,31,34-36H,15-28H2,1-9H3/t31-,34?,35?,36+,39+,40?,41+,42+,43-/m0/s1. The number of anilines is 1. The van der Waals surface area contributed by atoms with Crippen LogP contribution in [0.15, 0.2) is 35.9 Å². The van der Waals surface area contributed by atoms with E-state index in [4.69, 9.17) is 9.47 Å². The molecule has 49 heavy (non-hydrogen) atoms. The Balaban J connectivity index is 1.15. The predicted octanol–water partition coefficient (Wildman–Crippen LogP) is 9.08. The highest BCUT2D eigenvalue weighted by Crippen LogP contribution is 2.76. The van der Waals surface area contributed by atoms with E-state index < -0.39 is 0 Å². The van der Waals surface area contributed by atoms with Crippen molar-refractivity contribution in [1.82, 2.24) is 4.90 Å². The Morgan fingerprint density at radius 1 is 0.816 bits per heavy atom. The van der Waals surface area contributed by atoms with Crippen LogP contribution in [0.2, 0.25) is 0 Å². The van der Waals surface area contributed by atoms with Gasteiger partial charge in [-0.2, -0.15) is 0 Å². The van der Waals surface area contributed by atoms with Crippen LogP contribution < -0.4 is 9.64 Å². The summed E-state index contributed by atoms with van der Waals surface area (Å²) in [5, 5.41) is 0. The molecule has 1 heterocycles. The molecule has 6 heteroatoms. The SMILES string of the molecule is COc1ccccc1N1CCN(C(=O)C2(C)CC[C@]3(C)CC[C@]4(C)C(=CCC5[C@]6(C)C(CC[C@]54C)C(C)(C)CC[C@H]6OC(C)=O)[C@@H]3C2)CC1. The maximum absolute atomic E-state index is 14.6. The second-order valence-corrected chi connectivity index (χ2v) is 19.2. The molecule has 270 valence electrons. The summed E-state index contributed by atoms with van der Waals surface area (Å²) in [7, 11) is 1.73. The first kappa shape index (κ1) is 34.9. The lowest BCUT2D eigenvalue weighted by molar-refractivity contribution is -0.229. The molecule has 0 aromatic heterocycles. The van der Waals surface area contributed by atoms with Gasteiger partial charge in [-0.1, -0.05) is 72.2 Å². The van der Waals surface area contributed by atoms with E-state index in [9.17, 15) is 9.59 Å². The van der Waals surface area contributed by atoms with Crippen molar-refractivity contribution in [2.24, 2.45) is 50.2 Å². The number of fused-ring (bicyclic) bond motifs is 7. The minimum Gasteiger partial charge on any atom is -0.495 e. The fraction of sp³-hybridized carbons (Fsp3) is 0.767. The van der Waals surface area contributed by atoms with Crippen molar-refractivity contribution in [3.05, 3.63) is 35.9 Å². The van der Waals surface area contributed by atoms with Gasteiger partial charge in [0.1, 0.15) is 11.9 Å². The third-order valence-electron chi connectivity index (χ3n) is 16.5. The van der Waals surface area contributed by atoms with Gasteiger partial charge in [-0.05, 0) is 116 Å². The summed E-state index contributed by atoms with van der Waals surface area (Å²) in [6.45, 7) is 22.3. The van der Waals surface area contributed by atoms with Crippen LogP contribution >= 0.6 is 0 Å². The van der Waals surface area contributed by atoms with Gasteiger partial charge in [-0.3, -0.25) is 9.59 Å². The Labute approximate surface area is 296 Å². The highest BCUT2D eigenvalue weighted by molar-refractivity contribution is 5.83. The molecular weight excluding hydrogens is 608 g/mol. The van der Waals surface area contributed by atoms with Crippen molar-refractivity contribution >= 4 is 17.6 Å². The summed E-state index contributed by atoms with van der Waals surface area (Å²) in [5.74, 6) is 2.58. The number of ether oxygens (including phenoxy) is 2. The number of hydrogen-bond acceptors (Lipinski definition) is 5. The van der Waals surface area contributed by atoms with E-state index in [1.807, 2.05) is 12.1 Å². The predicted molar refractivity (Wildman–Crippen MR) is 196 cm³/mol. The van der Waals surface area contributed by atoms with E-state index >= 15 is 0 Å². The molecular formula is C43H64N2O4. The van der Waals surface area contributed by atoms with Crippen LogP contribution in [0, 0.1) is 50.2 Å². The Morgan fingerprint density at radius 3 is 2.20 bits per heavy atom. The zero-order chi connectivity index (χ0) is 35.2. The lowest BCUT2D eigenvalue weighted by Crippen LogP contribution is -2.66. The van der Waals surface area contributed by atoms with E-state index in [2.05, 4.69) is 76.5 Å². The number of carbonyl (C=O) groups excluding carboxylic acids is 2. The fourth-order valence-electron chi connectivity index (χ4n) is 13.3. The molecule has 1 aromatic carbocycles. The van der Waals surface area contributed by atoms with Crippen molar-refractivity contribution < 1.29 is 19.1 Å². The molecule has 6 nitrogen and oxygen atoms in total. The van der Waals surface area contributed by atoms with Crippen LogP contribution in [0.4, 0.5) is 5.69 Å². The molecule has 5 aliphatic carbocycles. The second kappa shape index (κ2) is 11.8. The zero-order valence-electron chi connectivity index (χ0n) is 32.1. The third kappa shape index (κ3) is 5.13. The number of benzene rings is 1. The van der Waals surface area contributed by atoms with E-state index in [1.165, 1.54) is 25.7 Å². The van der Waals surface area contributed by atoms with E-state index in [0.717, 1.165) is 76.1 Å². The summed E-state index contributed by atoms with van der Waals surface area (Å²) >= 11 is 0. The molecule has 1 aliphatic heterocycles. The highest BCUT2D eigenvalue weighted by atomic mass is 16.5. The van der Waals surface area contributed by atoms with Crippen LogP contribution in [0.3, 0.4) is 0 Å². The number of esters is 1. The maximum atomic E-state index is 14.6. The van der Waals surface area contributed by atoms with Gasteiger partial charge in [0.05, 0.1) is 12.8 Å². The lowest BCUT2D eigenvalue weighted by Gasteiger charge is -2.71. The normalized spacial score (nSPS) is 42.8. The topological polar surface area (TPSA) is 59.1 Å². The van der Waals surface area contributed by atoms with Crippen molar-refractivity contribution in [2.45, 2.75) is 126 Å².